The Hall–Kier alpha value is -0.620. The highest BCUT2D eigenvalue weighted by Crippen LogP contribution is 2.15. The lowest BCUT2D eigenvalue weighted by atomic mass is 9.95. The molecule has 19 heavy (non-hydrogen) atoms. The van der Waals surface area contributed by atoms with Gasteiger partial charge in [0.15, 0.2) is 0 Å². The lowest BCUT2D eigenvalue weighted by Crippen LogP contribution is -2.42. The molecule has 0 atom stereocenters. The van der Waals surface area contributed by atoms with Gasteiger partial charge in [-0.05, 0) is 50.9 Å². The lowest BCUT2D eigenvalue weighted by molar-refractivity contribution is 0.385. The van der Waals surface area contributed by atoms with Crippen LogP contribution in [-0.4, -0.2) is 30.8 Å². The number of rotatable bonds is 7. The fourth-order valence-electron chi connectivity index (χ4n) is 1.86. The molecule has 0 aliphatic heterocycles. The van der Waals surface area contributed by atoms with Crippen LogP contribution in [0.3, 0.4) is 0 Å². The second-order valence-electron chi connectivity index (χ2n) is 5.25. The molecule has 0 amide bonds. The zero-order valence-electron chi connectivity index (χ0n) is 11.2. The minimum Gasteiger partial charge on any atom is -0.311 e. The Labute approximate surface area is 119 Å². The molecule has 1 aromatic rings. The standard InChI is InChI=1S/C13H20ClNO3S/c1-13(2,15-8-3-9-19(16,17)18)10-11-4-6-12(14)7-5-11/h4-7,15H,3,8-10H2,1-2H3,(H,16,17,18). The van der Waals surface area contributed by atoms with E-state index in [1.807, 2.05) is 24.3 Å². The first kappa shape index (κ1) is 16.4. The van der Waals surface area contributed by atoms with Gasteiger partial charge < -0.3 is 5.32 Å². The minimum absolute atomic E-state index is 0.146. The van der Waals surface area contributed by atoms with E-state index >= 15 is 0 Å². The van der Waals surface area contributed by atoms with E-state index in [0.29, 0.717) is 18.0 Å². The van der Waals surface area contributed by atoms with Gasteiger partial charge in [0.1, 0.15) is 0 Å². The van der Waals surface area contributed by atoms with Gasteiger partial charge in [0.25, 0.3) is 10.1 Å². The molecule has 6 heteroatoms. The SMILES string of the molecule is CC(C)(Cc1ccc(Cl)cc1)NCCCS(=O)(=O)O. The third-order valence-electron chi connectivity index (χ3n) is 2.74. The predicted octanol–water partition coefficient (Wildman–Crippen LogP) is 2.53. The molecule has 108 valence electrons. The van der Waals surface area contributed by atoms with Crippen LogP contribution in [0.4, 0.5) is 0 Å². The van der Waals surface area contributed by atoms with Crippen LogP contribution < -0.4 is 5.32 Å². The first-order valence-electron chi connectivity index (χ1n) is 6.13. The van der Waals surface area contributed by atoms with Crippen LogP contribution in [0, 0.1) is 0 Å². The van der Waals surface area contributed by atoms with Gasteiger partial charge in [-0.2, -0.15) is 8.42 Å². The first-order chi connectivity index (χ1) is 8.68. The Bertz CT molecular complexity index is 497. The van der Waals surface area contributed by atoms with Crippen molar-refractivity contribution in [3.63, 3.8) is 0 Å². The van der Waals surface area contributed by atoms with E-state index in [1.54, 1.807) is 0 Å². The first-order valence-corrected chi connectivity index (χ1v) is 8.11. The summed E-state index contributed by atoms with van der Waals surface area (Å²) >= 11 is 5.83. The molecule has 4 nitrogen and oxygen atoms in total. The average Bonchev–Trinajstić information content (AvgIpc) is 2.26. The highest BCUT2D eigenvalue weighted by atomic mass is 35.5. The van der Waals surface area contributed by atoms with Gasteiger partial charge in [-0.15, -0.1) is 0 Å². The van der Waals surface area contributed by atoms with E-state index < -0.39 is 10.1 Å². The summed E-state index contributed by atoms with van der Waals surface area (Å²) in [5.41, 5.74) is 1.02. The van der Waals surface area contributed by atoms with Crippen molar-refractivity contribution in [1.82, 2.24) is 5.32 Å². The van der Waals surface area contributed by atoms with Crippen molar-refractivity contribution in [2.24, 2.45) is 0 Å². The van der Waals surface area contributed by atoms with Gasteiger partial charge in [-0.25, -0.2) is 0 Å². The van der Waals surface area contributed by atoms with Crippen LogP contribution in [0.5, 0.6) is 0 Å². The molecule has 0 radical (unpaired) electrons. The lowest BCUT2D eigenvalue weighted by Gasteiger charge is -2.26. The fourth-order valence-corrected chi connectivity index (χ4v) is 2.49. The van der Waals surface area contributed by atoms with Crippen molar-refractivity contribution in [3.05, 3.63) is 34.9 Å². The van der Waals surface area contributed by atoms with Gasteiger partial charge in [-0.3, -0.25) is 4.55 Å². The Morgan fingerprint density at radius 2 is 1.84 bits per heavy atom. The zero-order chi connectivity index (χ0) is 14.5. The highest BCUT2D eigenvalue weighted by Gasteiger charge is 2.17. The third-order valence-corrected chi connectivity index (χ3v) is 3.80. The molecule has 0 fully saturated rings. The fraction of sp³-hybridized carbons (Fsp3) is 0.538. The largest absolute Gasteiger partial charge is 0.311 e. The summed E-state index contributed by atoms with van der Waals surface area (Å²) < 4.78 is 29.8. The number of benzene rings is 1. The van der Waals surface area contributed by atoms with E-state index in [2.05, 4.69) is 19.2 Å². The number of hydrogen-bond acceptors (Lipinski definition) is 3. The maximum atomic E-state index is 10.6. The van der Waals surface area contributed by atoms with Gasteiger partial charge in [0.05, 0.1) is 5.75 Å². The van der Waals surface area contributed by atoms with Crippen LogP contribution in [0.15, 0.2) is 24.3 Å². The average molecular weight is 306 g/mol. The number of nitrogens with one attached hydrogen (secondary N) is 1. The summed E-state index contributed by atoms with van der Waals surface area (Å²) in [5.74, 6) is -0.211. The molecular weight excluding hydrogens is 286 g/mol. The van der Waals surface area contributed by atoms with Crippen molar-refractivity contribution < 1.29 is 13.0 Å². The van der Waals surface area contributed by atoms with Gasteiger partial charge >= 0.3 is 0 Å². The normalized spacial score (nSPS) is 12.6. The van der Waals surface area contributed by atoms with E-state index in [0.717, 1.165) is 12.0 Å². The van der Waals surface area contributed by atoms with Crippen molar-refractivity contribution in [1.29, 1.82) is 0 Å². The molecule has 1 rings (SSSR count). The molecule has 0 unspecified atom stereocenters. The predicted molar refractivity (Wildman–Crippen MR) is 78.3 cm³/mol. The second kappa shape index (κ2) is 6.70. The minimum atomic E-state index is -3.86. The third kappa shape index (κ3) is 7.52. The summed E-state index contributed by atoms with van der Waals surface area (Å²) in [4.78, 5) is 0. The highest BCUT2D eigenvalue weighted by molar-refractivity contribution is 7.85. The second-order valence-corrected chi connectivity index (χ2v) is 7.26. The Morgan fingerprint density at radius 3 is 2.37 bits per heavy atom. The molecule has 0 saturated heterocycles. The molecule has 2 N–H and O–H groups in total. The molecule has 0 aliphatic rings. The molecule has 0 heterocycles. The Balaban J connectivity index is 2.41. The molecule has 0 aromatic heterocycles. The van der Waals surface area contributed by atoms with E-state index in [4.69, 9.17) is 16.2 Å². The summed E-state index contributed by atoms with van der Waals surface area (Å²) in [6, 6.07) is 7.66. The molecular formula is C13H20ClNO3S. The maximum Gasteiger partial charge on any atom is 0.264 e. The quantitative estimate of drug-likeness (QED) is 0.600. The Kier molecular flexibility index (Phi) is 5.80. The van der Waals surface area contributed by atoms with Crippen LogP contribution in [0.1, 0.15) is 25.8 Å². The van der Waals surface area contributed by atoms with Gasteiger partial charge in [0.2, 0.25) is 0 Å². The summed E-state index contributed by atoms with van der Waals surface area (Å²) in [5, 5.41) is 4.00. The van der Waals surface area contributed by atoms with Crippen LogP contribution in [0.2, 0.25) is 5.02 Å². The summed E-state index contributed by atoms with van der Waals surface area (Å²) in [6.07, 6.45) is 1.21. The molecule has 0 spiro atoms. The van der Waals surface area contributed by atoms with E-state index in [1.165, 1.54) is 0 Å². The van der Waals surface area contributed by atoms with Gasteiger partial charge in [-0.1, -0.05) is 23.7 Å². The van der Waals surface area contributed by atoms with Crippen molar-refractivity contribution in [2.75, 3.05) is 12.3 Å². The van der Waals surface area contributed by atoms with Crippen molar-refractivity contribution >= 4 is 21.7 Å². The van der Waals surface area contributed by atoms with Crippen molar-refractivity contribution in [3.8, 4) is 0 Å². The number of halogens is 1. The molecule has 0 aliphatic carbocycles. The molecule has 0 saturated carbocycles. The monoisotopic (exact) mass is 305 g/mol. The van der Waals surface area contributed by atoms with E-state index in [9.17, 15) is 8.42 Å². The number of hydrogen-bond donors (Lipinski definition) is 2. The zero-order valence-corrected chi connectivity index (χ0v) is 12.8. The smallest absolute Gasteiger partial charge is 0.264 e. The van der Waals surface area contributed by atoms with Crippen molar-refractivity contribution in [2.45, 2.75) is 32.2 Å². The summed E-state index contributed by atoms with van der Waals surface area (Å²) in [7, 11) is -3.86. The topological polar surface area (TPSA) is 66.4 Å². The molecule has 1 aromatic carbocycles. The molecule has 0 bridgehead atoms. The van der Waals surface area contributed by atoms with Crippen LogP contribution >= 0.6 is 11.6 Å². The maximum absolute atomic E-state index is 10.6. The van der Waals surface area contributed by atoms with Gasteiger partial charge in [0, 0.05) is 10.6 Å². The van der Waals surface area contributed by atoms with Crippen LogP contribution in [0.25, 0.3) is 0 Å². The Morgan fingerprint density at radius 1 is 1.26 bits per heavy atom. The van der Waals surface area contributed by atoms with E-state index in [-0.39, 0.29) is 11.3 Å². The summed E-state index contributed by atoms with van der Waals surface area (Å²) in [6.45, 7) is 4.64. The van der Waals surface area contributed by atoms with Crippen LogP contribution in [-0.2, 0) is 16.5 Å².